The molecule has 0 N–H and O–H groups in total. The van der Waals surface area contributed by atoms with Gasteiger partial charge in [-0.25, -0.2) is 9.78 Å². The van der Waals surface area contributed by atoms with E-state index in [1.54, 1.807) is 0 Å². The topological polar surface area (TPSA) is 119 Å². The number of carbonyl (C=O) groups is 1. The number of pyridine rings is 1. The van der Waals surface area contributed by atoms with Gasteiger partial charge >= 0.3 is 17.8 Å². The number of imidazole rings is 1. The molecule has 2 aromatic heterocycles. The second-order valence-electron chi connectivity index (χ2n) is 4.84. The summed E-state index contributed by atoms with van der Waals surface area (Å²) in [5.41, 5.74) is 0.161. The van der Waals surface area contributed by atoms with Gasteiger partial charge in [0.25, 0.3) is 0 Å². The molecule has 3 rings (SSSR count). The number of nitrogens with zero attached hydrogens (tertiary/aromatic N) is 4. The Hall–Kier alpha value is -2.69. The van der Waals surface area contributed by atoms with Crippen LogP contribution in [0.3, 0.4) is 0 Å². The molecule has 2 aromatic rings. The molecule has 10 nitrogen and oxygen atoms in total. The summed E-state index contributed by atoms with van der Waals surface area (Å²) in [5.74, 6) is -0.797. The van der Waals surface area contributed by atoms with E-state index >= 15 is 0 Å². The lowest BCUT2D eigenvalue weighted by molar-refractivity contribution is -0.389. The van der Waals surface area contributed by atoms with Crippen LogP contribution >= 0.6 is 15.9 Å². The summed E-state index contributed by atoms with van der Waals surface area (Å²) in [6.45, 7) is 0.390. The van der Waals surface area contributed by atoms with Gasteiger partial charge < -0.3 is 24.3 Å². The minimum Gasteiger partial charge on any atom is -0.468 e. The van der Waals surface area contributed by atoms with Gasteiger partial charge in [0.15, 0.2) is 6.10 Å². The highest BCUT2D eigenvalue weighted by atomic mass is 79.9. The molecule has 126 valence electrons. The predicted molar refractivity (Wildman–Crippen MR) is 82.1 cm³/mol. The van der Waals surface area contributed by atoms with Crippen LogP contribution in [0.25, 0.3) is 0 Å². The van der Waals surface area contributed by atoms with E-state index in [1.807, 2.05) is 0 Å². The molecule has 1 aliphatic heterocycles. The van der Waals surface area contributed by atoms with E-state index < -0.39 is 17.0 Å². The molecule has 0 spiro atoms. The second-order valence-corrected chi connectivity index (χ2v) is 5.76. The number of halogens is 1. The predicted octanol–water partition coefficient (Wildman–Crippen LogP) is 1.58. The fourth-order valence-electron chi connectivity index (χ4n) is 2.17. The second kappa shape index (κ2) is 6.43. The molecule has 3 heterocycles. The van der Waals surface area contributed by atoms with E-state index in [9.17, 15) is 14.9 Å². The van der Waals surface area contributed by atoms with Crippen molar-refractivity contribution >= 4 is 27.7 Å². The van der Waals surface area contributed by atoms with Crippen LogP contribution in [0.4, 0.5) is 5.82 Å². The number of esters is 1. The number of carbonyl (C=O) groups excluding carboxylic acids is 1. The largest absolute Gasteiger partial charge is 0.468 e. The molecular formula is C13H11BrN4O6. The maximum absolute atomic E-state index is 11.8. The summed E-state index contributed by atoms with van der Waals surface area (Å²) in [5, 5.41) is 10.8. The molecule has 0 aromatic carbocycles. The summed E-state index contributed by atoms with van der Waals surface area (Å²) in [7, 11) is 1.26. The van der Waals surface area contributed by atoms with Crippen LogP contribution in [-0.2, 0) is 11.3 Å². The van der Waals surface area contributed by atoms with Gasteiger partial charge in [-0.1, -0.05) is 0 Å². The first-order chi connectivity index (χ1) is 11.5. The first kappa shape index (κ1) is 16.2. The van der Waals surface area contributed by atoms with Crippen molar-refractivity contribution in [3.63, 3.8) is 0 Å². The Bertz CT molecular complexity index is 808. The number of rotatable bonds is 4. The number of methoxy groups -OCH3 is 1. The van der Waals surface area contributed by atoms with Crippen LogP contribution in [0.1, 0.15) is 10.4 Å². The Kier molecular flexibility index (Phi) is 4.34. The molecule has 0 amide bonds. The van der Waals surface area contributed by atoms with E-state index in [1.165, 1.54) is 30.1 Å². The molecular weight excluding hydrogens is 388 g/mol. The van der Waals surface area contributed by atoms with E-state index in [0.29, 0.717) is 4.47 Å². The van der Waals surface area contributed by atoms with Crippen molar-refractivity contribution < 1.29 is 23.9 Å². The van der Waals surface area contributed by atoms with Crippen LogP contribution in [-0.4, -0.2) is 45.2 Å². The normalized spacial score (nSPS) is 16.0. The summed E-state index contributed by atoms with van der Waals surface area (Å²) in [4.78, 5) is 29.8. The molecule has 0 bridgehead atoms. The highest BCUT2D eigenvalue weighted by molar-refractivity contribution is 9.10. The Labute approximate surface area is 143 Å². The molecule has 0 saturated carbocycles. The maximum Gasteiger partial charge on any atom is 0.414 e. The van der Waals surface area contributed by atoms with E-state index in [-0.39, 0.29) is 36.4 Å². The van der Waals surface area contributed by atoms with Gasteiger partial charge in [0.1, 0.15) is 18.4 Å². The Balaban J connectivity index is 1.80. The van der Waals surface area contributed by atoms with E-state index in [2.05, 4.69) is 25.9 Å². The van der Waals surface area contributed by atoms with Crippen LogP contribution in [0.15, 0.2) is 22.9 Å². The van der Waals surface area contributed by atoms with Crippen molar-refractivity contribution in [2.24, 2.45) is 0 Å². The molecule has 0 aliphatic carbocycles. The van der Waals surface area contributed by atoms with E-state index in [0.717, 1.165) is 0 Å². The Morgan fingerprint density at radius 1 is 1.58 bits per heavy atom. The van der Waals surface area contributed by atoms with Gasteiger partial charge in [-0.15, -0.1) is 0 Å². The number of ether oxygens (including phenoxy) is 3. The zero-order valence-electron chi connectivity index (χ0n) is 12.3. The first-order valence-electron chi connectivity index (χ1n) is 6.73. The van der Waals surface area contributed by atoms with Gasteiger partial charge in [-0.3, -0.25) is 4.57 Å². The zero-order chi connectivity index (χ0) is 17.3. The summed E-state index contributed by atoms with van der Waals surface area (Å²) in [6, 6.07) is 1.68. The van der Waals surface area contributed by atoms with Gasteiger partial charge in [0, 0.05) is 15.7 Å². The zero-order valence-corrected chi connectivity index (χ0v) is 13.9. The van der Waals surface area contributed by atoms with Gasteiger partial charge in [-0.2, -0.15) is 0 Å². The fourth-order valence-corrected chi connectivity index (χ4v) is 2.50. The van der Waals surface area contributed by atoms with Crippen LogP contribution in [0, 0.1) is 10.1 Å². The molecule has 24 heavy (non-hydrogen) atoms. The van der Waals surface area contributed by atoms with Crippen molar-refractivity contribution in [1.82, 2.24) is 14.5 Å². The molecule has 0 saturated heterocycles. The summed E-state index contributed by atoms with van der Waals surface area (Å²) >= 11 is 3.23. The maximum atomic E-state index is 11.8. The molecule has 0 unspecified atom stereocenters. The number of aromatic nitrogens is 3. The highest BCUT2D eigenvalue weighted by Gasteiger charge is 2.30. The van der Waals surface area contributed by atoms with Crippen molar-refractivity contribution in [2.45, 2.75) is 12.6 Å². The van der Waals surface area contributed by atoms with Crippen molar-refractivity contribution in [3.05, 3.63) is 38.6 Å². The van der Waals surface area contributed by atoms with Crippen molar-refractivity contribution in [3.8, 4) is 11.9 Å². The lowest BCUT2D eigenvalue weighted by atomic mass is 10.2. The lowest BCUT2D eigenvalue weighted by Gasteiger charge is -2.23. The number of nitro groups is 1. The summed E-state index contributed by atoms with van der Waals surface area (Å²) < 4.78 is 17.9. The molecule has 11 heteroatoms. The third-order valence-corrected chi connectivity index (χ3v) is 3.65. The molecule has 0 radical (unpaired) electrons. The fraction of sp³-hybridized carbons (Fsp3) is 0.308. The summed E-state index contributed by atoms with van der Waals surface area (Å²) in [6.07, 6.45) is 2.25. The Morgan fingerprint density at radius 2 is 2.38 bits per heavy atom. The first-order valence-corrected chi connectivity index (χ1v) is 7.52. The van der Waals surface area contributed by atoms with Gasteiger partial charge in [0.2, 0.25) is 5.88 Å². The molecule has 0 fully saturated rings. The monoisotopic (exact) mass is 398 g/mol. The average molecular weight is 399 g/mol. The van der Waals surface area contributed by atoms with Crippen LogP contribution in [0.5, 0.6) is 11.9 Å². The van der Waals surface area contributed by atoms with Crippen LogP contribution in [0.2, 0.25) is 0 Å². The van der Waals surface area contributed by atoms with E-state index in [4.69, 9.17) is 14.2 Å². The molecule has 1 aliphatic rings. The smallest absolute Gasteiger partial charge is 0.414 e. The highest BCUT2D eigenvalue weighted by Crippen LogP contribution is 2.26. The van der Waals surface area contributed by atoms with Gasteiger partial charge in [-0.05, 0) is 26.9 Å². The number of hydrogen-bond donors (Lipinski definition) is 0. The average Bonchev–Trinajstić information content (AvgIpc) is 2.99. The SMILES string of the molecule is COC(=O)c1cc(Br)cnc1O[C@@H]1COc2nc([N+](=O)[O-])cn2C1. The van der Waals surface area contributed by atoms with Crippen molar-refractivity contribution in [2.75, 3.05) is 13.7 Å². The standard InChI is InChI=1S/C13H11BrN4O6/c1-22-12(19)9-2-7(14)3-15-11(9)24-8-4-17-5-10(18(20)21)16-13(17)23-6-8/h2-3,5,8H,4,6H2,1H3/t8-/m0/s1. The van der Waals surface area contributed by atoms with Crippen molar-refractivity contribution in [1.29, 1.82) is 0 Å². The minimum atomic E-state index is -0.601. The quantitative estimate of drug-likeness (QED) is 0.432. The molecule has 1 atom stereocenters. The Morgan fingerprint density at radius 3 is 3.08 bits per heavy atom. The third kappa shape index (κ3) is 3.15. The number of hydrogen-bond acceptors (Lipinski definition) is 8. The third-order valence-electron chi connectivity index (χ3n) is 3.21. The minimum absolute atomic E-state index is 0.0942. The lowest BCUT2D eigenvalue weighted by Crippen LogP contribution is -2.35. The van der Waals surface area contributed by atoms with Gasteiger partial charge in [0.05, 0.1) is 13.7 Å². The van der Waals surface area contributed by atoms with Crippen LogP contribution < -0.4 is 9.47 Å². The number of fused-ring (bicyclic) bond motifs is 1.